The van der Waals surface area contributed by atoms with Crippen molar-refractivity contribution in [3.05, 3.63) is 68.8 Å². The number of nitrogens with one attached hydrogen (secondary N) is 7. The minimum atomic E-state index is -4.47. The zero-order valence-electron chi connectivity index (χ0n) is 53.7. The molecular formula is C51H81BrK2N10O23S2. The number of nitro benzene ring substituents is 2. The van der Waals surface area contributed by atoms with Crippen LogP contribution in [0.2, 0.25) is 0 Å². The van der Waals surface area contributed by atoms with Gasteiger partial charge in [-0.15, -0.1) is 0 Å². The number of hydrogen-bond acceptors (Lipinski definition) is 23. The van der Waals surface area contributed by atoms with Crippen molar-refractivity contribution in [3.8, 4) is 0 Å². The van der Waals surface area contributed by atoms with E-state index >= 15 is 0 Å². The number of alkyl carbamates (subject to hydrolysis) is 2. The summed E-state index contributed by atoms with van der Waals surface area (Å²) in [4.78, 5) is 126. The number of halogens is 1. The molecule has 2 aromatic carbocycles. The van der Waals surface area contributed by atoms with Crippen LogP contribution in [0.4, 0.5) is 21.0 Å². The Morgan fingerprint density at radius 1 is 0.596 bits per heavy atom. The summed E-state index contributed by atoms with van der Waals surface area (Å²) >= 11 is 3.32. The van der Waals surface area contributed by atoms with Gasteiger partial charge in [-0.25, -0.2) is 26.4 Å². The third kappa shape index (κ3) is 37.6. The van der Waals surface area contributed by atoms with Gasteiger partial charge in [0, 0.05) is 37.1 Å². The number of amides is 6. The Balaban J connectivity index is -0.000000416. The first-order chi connectivity index (χ1) is 40.2. The SMILES string of the molecule is COC(=O)[C@H](C)N(CCCCNC(=O)[C@@H](C)NC(=O)[C@@H](C)NC(=O)OC(C)(C)C)S(=O)(=O)c1ccccc1[N+](=O)[O-].COC(=O)[C@H](C)NS(=O)(=O)c1ccccc1[N+](=O)[O-].C[C@@H](NC(=O)OC(C)(C)C)C(=O)N[C@H](C)C(=O)NCCCCBr.O=CO[O-].[H-].[K+].[K+]. The van der Waals surface area contributed by atoms with Gasteiger partial charge in [-0.3, -0.25) is 53.8 Å². The second-order valence-corrected chi connectivity index (χ2v) is 24.5. The Kier molecular flexibility index (Phi) is 46.8. The monoisotopic (exact) mass is 1420 g/mol. The molecule has 0 spiro atoms. The molecule has 0 aliphatic rings. The van der Waals surface area contributed by atoms with Crippen LogP contribution in [0.15, 0.2) is 58.3 Å². The summed E-state index contributed by atoms with van der Waals surface area (Å²) in [5, 5.41) is 46.7. The number of hydrogen-bond donors (Lipinski definition) is 7. The standard InChI is InChI=1S/C25H39N5O10S.C15H28BrN3O4.C10H12N2O6S.CH2O3.2K.H/c1-16(27-22(32)17(2)28-24(34)40-25(4,5)6)21(31)26-14-10-11-15-29(18(3)23(33)39-7)41(37,38)20-13-9-8-12-19(20)30(35)36;1-10(12(20)17-9-7-6-8-16)18-13(21)11(2)19-14(22)23-15(3,4)5;1-7(10(13)18-2)11-19(16,17)9-6-4-3-5-8(9)12(14)15;2-1-4-3;;;/h8-9,12-13,16-18H,10-11,14-15H2,1-7H3,(H,26,31)(H,27,32)(H,28,34);10-11H,6-9H2,1-5H3,(H,17,20)(H,18,21)(H,19,22);3-7,11H,1-2H3;1,3H;;;/q;;;;2*+1;-1/p-1/t16-,17-,18+;10-,11-;7-;;;;/m110..../s1. The molecule has 0 bridgehead atoms. The smallest absolute Gasteiger partial charge is 1.00 e. The predicted molar refractivity (Wildman–Crippen MR) is 313 cm³/mol. The Labute approximate surface area is 612 Å². The number of esters is 2. The number of ether oxygens (including phenoxy) is 4. The Hall–Kier alpha value is -4.40. The number of nitro groups is 2. The van der Waals surface area contributed by atoms with Crippen LogP contribution >= 0.6 is 15.9 Å². The molecule has 33 nitrogen and oxygen atoms in total. The molecule has 0 radical (unpaired) electrons. The third-order valence-corrected chi connectivity index (χ3v) is 14.8. The molecule has 0 aliphatic carbocycles. The van der Waals surface area contributed by atoms with Crippen LogP contribution in [0.3, 0.4) is 0 Å². The molecule has 2 aromatic rings. The van der Waals surface area contributed by atoms with Crippen molar-refractivity contribution in [1.82, 2.24) is 40.9 Å². The maximum atomic E-state index is 13.3. The number of para-hydroxylation sites is 2. The molecule has 7 N–H and O–H groups in total. The summed E-state index contributed by atoms with van der Waals surface area (Å²) in [6.07, 6.45) is 0.842. The van der Waals surface area contributed by atoms with E-state index in [4.69, 9.17) is 19.5 Å². The zero-order valence-corrected chi connectivity index (χ0v) is 62.2. The number of methoxy groups -OCH3 is 2. The molecule has 6 amide bonds. The topological polar surface area (TPSA) is 465 Å². The van der Waals surface area contributed by atoms with Crippen LogP contribution in [-0.2, 0) is 77.4 Å². The average molecular weight is 1420 g/mol. The van der Waals surface area contributed by atoms with Crippen LogP contribution in [0.1, 0.15) is 110 Å². The largest absolute Gasteiger partial charge is 1.00 e. The van der Waals surface area contributed by atoms with Crippen molar-refractivity contribution in [2.75, 3.05) is 39.2 Å². The Morgan fingerprint density at radius 2 is 0.955 bits per heavy atom. The first-order valence-corrected chi connectivity index (χ1v) is 30.3. The van der Waals surface area contributed by atoms with Crippen LogP contribution < -0.4 is 145 Å². The number of alkyl halides is 1. The summed E-state index contributed by atoms with van der Waals surface area (Å²) in [7, 11) is -6.45. The van der Waals surface area contributed by atoms with Crippen molar-refractivity contribution in [2.45, 2.75) is 166 Å². The normalized spacial score (nSPS) is 12.9. The molecular weight excluding hydrogens is 1340 g/mol. The molecule has 6 atom stereocenters. The van der Waals surface area contributed by atoms with Crippen molar-refractivity contribution in [1.29, 1.82) is 0 Å². The zero-order chi connectivity index (χ0) is 67.6. The Morgan fingerprint density at radius 3 is 1.31 bits per heavy atom. The summed E-state index contributed by atoms with van der Waals surface area (Å²) in [5.74, 6) is -3.46. The quantitative estimate of drug-likeness (QED) is 0.00493. The number of nitrogens with zero attached hydrogens (tertiary/aromatic N) is 3. The maximum Gasteiger partial charge on any atom is 1.00 e. The van der Waals surface area contributed by atoms with Crippen LogP contribution in [0, 0.1) is 20.2 Å². The average Bonchev–Trinajstić information content (AvgIpc) is 1.02. The second kappa shape index (κ2) is 45.8. The first-order valence-electron chi connectivity index (χ1n) is 26.3. The number of carbonyl (C=O) groups is 9. The van der Waals surface area contributed by atoms with Crippen molar-refractivity contribution in [2.24, 2.45) is 0 Å². The van der Waals surface area contributed by atoms with Gasteiger partial charge in [0.2, 0.25) is 33.7 Å². The Bertz CT molecular complexity index is 2880. The van der Waals surface area contributed by atoms with E-state index in [1.165, 1.54) is 58.9 Å². The summed E-state index contributed by atoms with van der Waals surface area (Å²) in [5.41, 5.74) is -2.57. The van der Waals surface area contributed by atoms with E-state index in [0.29, 0.717) is 6.54 Å². The first kappa shape index (κ1) is 91.0. The van der Waals surface area contributed by atoms with Gasteiger partial charge in [0.15, 0.2) is 9.79 Å². The molecule has 38 heteroatoms. The van der Waals surface area contributed by atoms with Crippen LogP contribution in [-0.4, -0.2) is 172 Å². The van der Waals surface area contributed by atoms with Crippen molar-refractivity contribution >= 4 is 102 Å². The molecule has 0 fully saturated rings. The van der Waals surface area contributed by atoms with Gasteiger partial charge in [-0.1, -0.05) is 40.2 Å². The molecule has 0 saturated heterocycles. The van der Waals surface area contributed by atoms with E-state index in [-0.39, 0.29) is 143 Å². The molecule has 0 aromatic heterocycles. The fourth-order valence-electron chi connectivity index (χ4n) is 6.37. The molecule has 0 saturated carbocycles. The molecule has 2 rings (SSSR count). The maximum absolute atomic E-state index is 13.3. The van der Waals surface area contributed by atoms with E-state index in [0.717, 1.165) is 61.0 Å². The van der Waals surface area contributed by atoms with Gasteiger partial charge in [0.25, 0.3) is 27.9 Å². The number of carbonyl (C=O) groups excluding carboxylic acids is 9. The van der Waals surface area contributed by atoms with E-state index in [9.17, 15) is 75.4 Å². The van der Waals surface area contributed by atoms with E-state index in [1.54, 1.807) is 48.5 Å². The van der Waals surface area contributed by atoms with Crippen LogP contribution in [0.5, 0.6) is 0 Å². The van der Waals surface area contributed by atoms with E-state index < -0.39 is 140 Å². The fraction of sp³-hybridized carbons (Fsp3) is 0.588. The predicted octanol–water partition coefficient (Wildman–Crippen LogP) is -3.85. The van der Waals surface area contributed by atoms with E-state index in [1.807, 2.05) is 4.72 Å². The number of sulfonamides is 2. The number of benzene rings is 2. The van der Waals surface area contributed by atoms with Crippen LogP contribution in [0.25, 0.3) is 0 Å². The minimum absolute atomic E-state index is 0. The summed E-state index contributed by atoms with van der Waals surface area (Å²) in [6.45, 7) is 19.1. The van der Waals surface area contributed by atoms with Crippen molar-refractivity contribution in [3.63, 3.8) is 0 Å². The van der Waals surface area contributed by atoms with Crippen molar-refractivity contribution < 1.29 is 203 Å². The number of rotatable bonds is 28. The van der Waals surface area contributed by atoms with Gasteiger partial charge < -0.3 is 62.4 Å². The molecule has 0 heterocycles. The second-order valence-electron chi connectivity index (χ2n) is 20.2. The number of unbranched alkanes of at least 4 members (excludes halogenated alkanes) is 2. The van der Waals surface area contributed by atoms with Gasteiger partial charge in [0.1, 0.15) is 47.5 Å². The van der Waals surface area contributed by atoms with Gasteiger partial charge >= 0.3 is 127 Å². The third-order valence-electron chi connectivity index (χ3n) is 10.6. The van der Waals surface area contributed by atoms with Gasteiger partial charge in [-0.05, 0) is 121 Å². The minimum Gasteiger partial charge on any atom is -1.00 e. The fourth-order valence-corrected chi connectivity index (χ4v) is 9.91. The van der Waals surface area contributed by atoms with E-state index in [2.05, 4.69) is 62.2 Å². The molecule has 0 aliphatic heterocycles. The summed E-state index contributed by atoms with van der Waals surface area (Å²) < 4.78 is 72.7. The van der Waals surface area contributed by atoms with Gasteiger partial charge in [-0.2, -0.15) is 9.03 Å². The molecule has 494 valence electrons. The molecule has 0 unspecified atom stereocenters. The molecule has 89 heavy (non-hydrogen) atoms. The van der Waals surface area contributed by atoms with Gasteiger partial charge in [0.05, 0.1) is 24.1 Å². The summed E-state index contributed by atoms with van der Waals surface area (Å²) in [6, 6.07) is 3.86.